The summed E-state index contributed by atoms with van der Waals surface area (Å²) >= 11 is 0. The van der Waals surface area contributed by atoms with E-state index in [1.54, 1.807) is 0 Å². The molecular formula is C77H142O6. The van der Waals surface area contributed by atoms with Crippen molar-refractivity contribution in [3.8, 4) is 0 Å². The van der Waals surface area contributed by atoms with Gasteiger partial charge in [0.05, 0.1) is 0 Å². The fourth-order valence-corrected chi connectivity index (χ4v) is 11.2. The van der Waals surface area contributed by atoms with Crippen molar-refractivity contribution in [2.24, 2.45) is 0 Å². The quantitative estimate of drug-likeness (QED) is 0.0261. The lowest BCUT2D eigenvalue weighted by atomic mass is 10.0. The van der Waals surface area contributed by atoms with E-state index in [-0.39, 0.29) is 31.1 Å². The number of allylic oxidation sites excluding steroid dienone is 8. The van der Waals surface area contributed by atoms with E-state index in [0.717, 1.165) is 77.0 Å². The van der Waals surface area contributed by atoms with Crippen molar-refractivity contribution < 1.29 is 28.6 Å². The largest absolute Gasteiger partial charge is 0.462 e. The molecule has 0 amide bonds. The maximum absolute atomic E-state index is 13.0. The van der Waals surface area contributed by atoms with Crippen molar-refractivity contribution in [2.45, 2.75) is 412 Å². The number of hydrogen-bond acceptors (Lipinski definition) is 6. The topological polar surface area (TPSA) is 78.9 Å². The van der Waals surface area contributed by atoms with E-state index in [9.17, 15) is 14.4 Å². The minimum Gasteiger partial charge on any atom is -0.462 e. The molecule has 0 radical (unpaired) electrons. The molecule has 0 aliphatic heterocycles. The van der Waals surface area contributed by atoms with Crippen LogP contribution in [0.1, 0.15) is 406 Å². The SMILES string of the molecule is CCCCCCC/C=C\C/C=C\C/C=C\CCCCCCCCC(=O)OC(COC(=O)CCCCCCCCC/C=C\CCCCCCCCC)COC(=O)CCCCCCCCCCCCCCCCCCCCCCCCCCCC. The third-order valence-corrected chi connectivity index (χ3v) is 16.8. The Morgan fingerprint density at radius 1 is 0.241 bits per heavy atom. The predicted octanol–water partition coefficient (Wildman–Crippen LogP) is 25.7. The third kappa shape index (κ3) is 70.0. The van der Waals surface area contributed by atoms with Gasteiger partial charge in [-0.05, 0) is 83.5 Å². The average molecular weight is 1160 g/mol. The second-order valence-corrected chi connectivity index (χ2v) is 25.2. The zero-order chi connectivity index (χ0) is 59.9. The molecule has 0 aromatic carbocycles. The van der Waals surface area contributed by atoms with E-state index >= 15 is 0 Å². The smallest absolute Gasteiger partial charge is 0.306 e. The molecule has 0 saturated carbocycles. The van der Waals surface area contributed by atoms with Crippen LogP contribution in [0.4, 0.5) is 0 Å². The zero-order valence-corrected chi connectivity index (χ0v) is 56.0. The van der Waals surface area contributed by atoms with Crippen LogP contribution in [0.15, 0.2) is 48.6 Å². The molecule has 0 N–H and O–H groups in total. The maximum atomic E-state index is 13.0. The van der Waals surface area contributed by atoms with Crippen LogP contribution in [0.25, 0.3) is 0 Å². The standard InChI is InChI=1S/C77H142O6/c1-4-7-10-13-16-19-22-25-28-31-34-36-37-38-39-40-42-43-46-49-52-55-58-61-64-67-70-76(79)82-73-74(72-81-75(78)69-66-63-60-57-54-51-48-45-33-30-27-24-21-18-15-12-9-6-3)83-77(80)71-68-65-62-59-56-53-50-47-44-41-35-32-29-26-23-20-17-14-11-8-5-2/h23,26,30,32-33,35,44,47,74H,4-22,24-25,27-29,31,34,36-43,45-46,48-73H2,1-3H3/b26-23-,33-30-,35-32-,47-44-. The molecule has 0 aliphatic carbocycles. The zero-order valence-electron chi connectivity index (χ0n) is 56.0. The Hall–Kier alpha value is -2.63. The average Bonchev–Trinajstić information content (AvgIpc) is 3.50. The van der Waals surface area contributed by atoms with E-state index in [4.69, 9.17) is 14.2 Å². The molecule has 0 aromatic heterocycles. The first kappa shape index (κ1) is 80.4. The minimum atomic E-state index is -0.783. The summed E-state index contributed by atoms with van der Waals surface area (Å²) in [4.78, 5) is 38.5. The summed E-state index contributed by atoms with van der Waals surface area (Å²) in [6.07, 6.45) is 91.5. The van der Waals surface area contributed by atoms with Crippen molar-refractivity contribution in [3.05, 3.63) is 48.6 Å². The van der Waals surface area contributed by atoms with Crippen LogP contribution in [0.3, 0.4) is 0 Å². The Morgan fingerprint density at radius 3 is 0.687 bits per heavy atom. The monoisotopic (exact) mass is 1160 g/mol. The fourth-order valence-electron chi connectivity index (χ4n) is 11.2. The molecular weight excluding hydrogens is 1020 g/mol. The Bertz CT molecular complexity index is 1430. The number of unbranched alkanes of at least 4 members (excludes halogenated alkanes) is 50. The van der Waals surface area contributed by atoms with Crippen LogP contribution >= 0.6 is 0 Å². The molecule has 486 valence electrons. The lowest BCUT2D eigenvalue weighted by molar-refractivity contribution is -0.167. The van der Waals surface area contributed by atoms with Gasteiger partial charge < -0.3 is 14.2 Å². The van der Waals surface area contributed by atoms with Gasteiger partial charge in [-0.2, -0.15) is 0 Å². The van der Waals surface area contributed by atoms with Crippen LogP contribution in [-0.2, 0) is 28.6 Å². The summed E-state index contributed by atoms with van der Waals surface area (Å²) in [7, 11) is 0. The molecule has 0 heterocycles. The summed E-state index contributed by atoms with van der Waals surface area (Å²) in [5, 5.41) is 0. The van der Waals surface area contributed by atoms with Gasteiger partial charge in [0.25, 0.3) is 0 Å². The van der Waals surface area contributed by atoms with E-state index in [2.05, 4.69) is 69.4 Å². The maximum Gasteiger partial charge on any atom is 0.306 e. The van der Waals surface area contributed by atoms with Gasteiger partial charge in [-0.25, -0.2) is 0 Å². The molecule has 83 heavy (non-hydrogen) atoms. The fraction of sp³-hybridized carbons (Fsp3) is 0.857. The van der Waals surface area contributed by atoms with Gasteiger partial charge in [0.15, 0.2) is 6.10 Å². The first-order valence-electron chi connectivity index (χ1n) is 37.1. The number of hydrogen-bond donors (Lipinski definition) is 0. The summed E-state index contributed by atoms with van der Waals surface area (Å²) in [6, 6.07) is 0. The van der Waals surface area contributed by atoms with Gasteiger partial charge in [0.2, 0.25) is 0 Å². The van der Waals surface area contributed by atoms with E-state index in [1.807, 2.05) is 0 Å². The number of rotatable bonds is 69. The third-order valence-electron chi connectivity index (χ3n) is 16.8. The molecule has 0 saturated heterocycles. The first-order valence-corrected chi connectivity index (χ1v) is 37.1. The molecule has 1 unspecified atom stereocenters. The highest BCUT2D eigenvalue weighted by Gasteiger charge is 2.19. The molecule has 6 nitrogen and oxygen atoms in total. The van der Waals surface area contributed by atoms with Crippen molar-refractivity contribution in [2.75, 3.05) is 13.2 Å². The highest BCUT2D eigenvalue weighted by Crippen LogP contribution is 2.19. The van der Waals surface area contributed by atoms with E-state index in [0.29, 0.717) is 19.3 Å². The van der Waals surface area contributed by atoms with E-state index in [1.165, 1.54) is 289 Å². The first-order chi connectivity index (χ1) is 41.0. The minimum absolute atomic E-state index is 0.0757. The molecule has 0 rings (SSSR count). The summed E-state index contributed by atoms with van der Waals surface area (Å²) in [5.74, 6) is -0.864. The van der Waals surface area contributed by atoms with E-state index < -0.39 is 6.10 Å². The lowest BCUT2D eigenvalue weighted by Gasteiger charge is -2.18. The normalized spacial score (nSPS) is 12.3. The Balaban J connectivity index is 4.31. The molecule has 0 aliphatic rings. The predicted molar refractivity (Wildman–Crippen MR) is 362 cm³/mol. The Morgan fingerprint density at radius 2 is 0.434 bits per heavy atom. The molecule has 0 spiro atoms. The number of carbonyl (C=O) groups is 3. The molecule has 0 bridgehead atoms. The van der Waals surface area contributed by atoms with Crippen molar-refractivity contribution in [1.82, 2.24) is 0 Å². The van der Waals surface area contributed by atoms with Crippen LogP contribution in [0.5, 0.6) is 0 Å². The summed E-state index contributed by atoms with van der Waals surface area (Å²) in [6.45, 7) is 6.69. The molecule has 0 fully saturated rings. The van der Waals surface area contributed by atoms with Gasteiger partial charge >= 0.3 is 17.9 Å². The van der Waals surface area contributed by atoms with Crippen LogP contribution in [0, 0.1) is 0 Å². The molecule has 6 heteroatoms. The molecule has 0 aromatic rings. The van der Waals surface area contributed by atoms with Gasteiger partial charge in [-0.15, -0.1) is 0 Å². The van der Waals surface area contributed by atoms with Gasteiger partial charge in [-0.3, -0.25) is 14.4 Å². The van der Waals surface area contributed by atoms with Crippen LogP contribution in [-0.4, -0.2) is 37.2 Å². The van der Waals surface area contributed by atoms with Crippen molar-refractivity contribution in [1.29, 1.82) is 0 Å². The van der Waals surface area contributed by atoms with Crippen LogP contribution in [0.2, 0.25) is 0 Å². The van der Waals surface area contributed by atoms with Gasteiger partial charge in [-0.1, -0.05) is 352 Å². The number of ether oxygens (including phenoxy) is 3. The lowest BCUT2D eigenvalue weighted by Crippen LogP contribution is -2.30. The summed E-state index contributed by atoms with van der Waals surface area (Å²) < 4.78 is 17.0. The molecule has 1 atom stereocenters. The highest BCUT2D eigenvalue weighted by molar-refractivity contribution is 5.71. The second kappa shape index (κ2) is 71.8. The van der Waals surface area contributed by atoms with Gasteiger partial charge in [0, 0.05) is 19.3 Å². The van der Waals surface area contributed by atoms with Crippen molar-refractivity contribution >= 4 is 17.9 Å². The summed E-state index contributed by atoms with van der Waals surface area (Å²) in [5.41, 5.74) is 0. The van der Waals surface area contributed by atoms with Crippen molar-refractivity contribution in [3.63, 3.8) is 0 Å². The highest BCUT2D eigenvalue weighted by atomic mass is 16.6. The van der Waals surface area contributed by atoms with Gasteiger partial charge in [0.1, 0.15) is 13.2 Å². The second-order valence-electron chi connectivity index (χ2n) is 25.2. The number of carbonyl (C=O) groups excluding carboxylic acids is 3. The Kier molecular flexibility index (Phi) is 69.6. The Labute approximate surface area is 518 Å². The number of esters is 3. The van der Waals surface area contributed by atoms with Crippen LogP contribution < -0.4 is 0 Å².